The van der Waals surface area contributed by atoms with E-state index in [1.807, 2.05) is 6.08 Å². The van der Waals surface area contributed by atoms with Gasteiger partial charge < -0.3 is 4.74 Å². The molecule has 2 heteroatoms. The molecule has 1 spiro atoms. The van der Waals surface area contributed by atoms with E-state index in [2.05, 4.69) is 18.7 Å². The van der Waals surface area contributed by atoms with Crippen molar-refractivity contribution in [2.45, 2.75) is 19.3 Å². The molecular formula is C13H16O2. The minimum atomic E-state index is 0.0223. The summed E-state index contributed by atoms with van der Waals surface area (Å²) in [6, 6.07) is 0. The summed E-state index contributed by atoms with van der Waals surface area (Å²) in [4.78, 5) is 11.7. The molecule has 0 unspecified atom stereocenters. The van der Waals surface area contributed by atoms with Gasteiger partial charge in [0.05, 0.1) is 12.5 Å². The highest BCUT2D eigenvalue weighted by molar-refractivity contribution is 5.76. The van der Waals surface area contributed by atoms with Crippen LogP contribution in [0.5, 0.6) is 0 Å². The van der Waals surface area contributed by atoms with Gasteiger partial charge >= 0.3 is 5.97 Å². The Balaban J connectivity index is 1.99. The Morgan fingerprint density at radius 1 is 1.60 bits per heavy atom. The van der Waals surface area contributed by atoms with Crippen LogP contribution in [0.3, 0.4) is 0 Å². The second-order valence-corrected chi connectivity index (χ2v) is 5.10. The second-order valence-electron chi connectivity index (χ2n) is 5.10. The summed E-state index contributed by atoms with van der Waals surface area (Å²) in [5.74, 6) is 1.24. The van der Waals surface area contributed by atoms with Crippen LogP contribution < -0.4 is 0 Å². The molecule has 0 radical (unpaired) electrons. The molecule has 0 bridgehead atoms. The van der Waals surface area contributed by atoms with Crippen molar-refractivity contribution in [3.63, 3.8) is 0 Å². The second kappa shape index (κ2) is 2.97. The Bertz CT molecular complexity index is 344. The number of hydrogen-bond donors (Lipinski definition) is 0. The van der Waals surface area contributed by atoms with E-state index in [0.717, 1.165) is 19.3 Å². The van der Waals surface area contributed by atoms with E-state index >= 15 is 0 Å². The molecule has 2 fully saturated rings. The molecule has 1 heterocycles. The predicted molar refractivity (Wildman–Crippen MR) is 57.1 cm³/mol. The number of carbonyl (C=O) groups is 1. The molecule has 3 aliphatic rings. The number of cyclic esters (lactones) is 1. The Kier molecular flexibility index (Phi) is 1.82. The summed E-state index contributed by atoms with van der Waals surface area (Å²) in [6.07, 6.45) is 9.60. The standard InChI is InChI=1S/C13H16O2/c1-2-9-6-10-4-3-5-11-12(14)15-8-13(10,11)7-9/h2-4,9-11H,1,5-8H2/t9-,10+,11+,13+/m0/s1. The molecular weight excluding hydrogens is 188 g/mol. The Hall–Kier alpha value is -1.05. The van der Waals surface area contributed by atoms with Crippen molar-refractivity contribution < 1.29 is 9.53 Å². The fourth-order valence-corrected chi connectivity index (χ4v) is 3.65. The summed E-state index contributed by atoms with van der Waals surface area (Å²) in [5.41, 5.74) is 0.116. The first-order valence-corrected chi connectivity index (χ1v) is 5.72. The minimum Gasteiger partial charge on any atom is -0.465 e. The van der Waals surface area contributed by atoms with Gasteiger partial charge in [-0.3, -0.25) is 4.79 Å². The lowest BCUT2D eigenvalue weighted by molar-refractivity contribution is -0.141. The SMILES string of the molecule is C=C[C@H]1C[C@H]2C=CC[C@@H]3C(=O)OC[C@]23C1. The Labute approximate surface area is 90.0 Å². The summed E-state index contributed by atoms with van der Waals surface area (Å²) in [6.45, 7) is 4.52. The number of esters is 1. The molecule has 2 nitrogen and oxygen atoms in total. The predicted octanol–water partition coefficient (Wildman–Crippen LogP) is 2.32. The smallest absolute Gasteiger partial charge is 0.309 e. The highest BCUT2D eigenvalue weighted by atomic mass is 16.5. The van der Waals surface area contributed by atoms with E-state index in [-0.39, 0.29) is 17.3 Å². The van der Waals surface area contributed by atoms with Gasteiger partial charge in [0, 0.05) is 5.41 Å². The summed E-state index contributed by atoms with van der Waals surface area (Å²) in [7, 11) is 0. The maximum Gasteiger partial charge on any atom is 0.309 e. The van der Waals surface area contributed by atoms with Crippen LogP contribution in [0.25, 0.3) is 0 Å². The van der Waals surface area contributed by atoms with Gasteiger partial charge in [0.1, 0.15) is 0 Å². The van der Waals surface area contributed by atoms with Crippen LogP contribution in [-0.4, -0.2) is 12.6 Å². The third-order valence-electron chi connectivity index (χ3n) is 4.47. The van der Waals surface area contributed by atoms with Crippen LogP contribution in [0.2, 0.25) is 0 Å². The fourth-order valence-electron chi connectivity index (χ4n) is 3.65. The van der Waals surface area contributed by atoms with E-state index in [9.17, 15) is 4.79 Å². The third-order valence-corrected chi connectivity index (χ3v) is 4.47. The minimum absolute atomic E-state index is 0.0223. The van der Waals surface area contributed by atoms with Gasteiger partial charge in [-0.15, -0.1) is 6.58 Å². The molecule has 1 saturated heterocycles. The van der Waals surface area contributed by atoms with Crippen molar-refractivity contribution in [2.24, 2.45) is 23.2 Å². The Morgan fingerprint density at radius 2 is 2.47 bits per heavy atom. The maximum atomic E-state index is 11.7. The van der Waals surface area contributed by atoms with E-state index in [0.29, 0.717) is 18.4 Å². The van der Waals surface area contributed by atoms with E-state index < -0.39 is 0 Å². The maximum absolute atomic E-state index is 11.7. The van der Waals surface area contributed by atoms with Gasteiger partial charge in [-0.25, -0.2) is 0 Å². The largest absolute Gasteiger partial charge is 0.465 e. The van der Waals surface area contributed by atoms with Gasteiger partial charge in [0.2, 0.25) is 0 Å². The lowest BCUT2D eigenvalue weighted by Gasteiger charge is -2.34. The molecule has 4 atom stereocenters. The van der Waals surface area contributed by atoms with Gasteiger partial charge in [-0.2, -0.15) is 0 Å². The average Bonchev–Trinajstić information content (AvgIpc) is 2.77. The highest BCUT2D eigenvalue weighted by Crippen LogP contribution is 2.58. The van der Waals surface area contributed by atoms with Crippen molar-refractivity contribution in [3.8, 4) is 0 Å². The molecule has 2 aliphatic carbocycles. The topological polar surface area (TPSA) is 26.3 Å². The average molecular weight is 204 g/mol. The van der Waals surface area contributed by atoms with Gasteiger partial charge in [-0.05, 0) is 31.1 Å². The van der Waals surface area contributed by atoms with Gasteiger partial charge in [-0.1, -0.05) is 18.2 Å². The number of hydrogen-bond acceptors (Lipinski definition) is 2. The van der Waals surface area contributed by atoms with Crippen molar-refractivity contribution in [1.82, 2.24) is 0 Å². The number of rotatable bonds is 1. The molecule has 80 valence electrons. The van der Waals surface area contributed by atoms with Crippen molar-refractivity contribution in [2.75, 3.05) is 6.61 Å². The highest BCUT2D eigenvalue weighted by Gasteiger charge is 2.58. The first kappa shape index (κ1) is 9.20. The lowest BCUT2D eigenvalue weighted by Crippen LogP contribution is -2.35. The monoisotopic (exact) mass is 204 g/mol. The van der Waals surface area contributed by atoms with Gasteiger partial charge in [0.15, 0.2) is 0 Å². The molecule has 0 amide bonds. The van der Waals surface area contributed by atoms with Crippen LogP contribution in [0.15, 0.2) is 24.8 Å². The van der Waals surface area contributed by atoms with E-state index in [1.54, 1.807) is 0 Å². The molecule has 3 rings (SSSR count). The van der Waals surface area contributed by atoms with Crippen molar-refractivity contribution >= 4 is 5.97 Å². The Morgan fingerprint density at radius 3 is 3.27 bits per heavy atom. The van der Waals surface area contributed by atoms with Crippen molar-refractivity contribution in [3.05, 3.63) is 24.8 Å². The first-order valence-electron chi connectivity index (χ1n) is 5.72. The normalized spacial score (nSPS) is 47.2. The molecule has 1 saturated carbocycles. The van der Waals surface area contributed by atoms with Crippen LogP contribution >= 0.6 is 0 Å². The van der Waals surface area contributed by atoms with E-state index in [1.165, 1.54) is 0 Å². The van der Waals surface area contributed by atoms with Crippen molar-refractivity contribution in [1.29, 1.82) is 0 Å². The quantitative estimate of drug-likeness (QED) is 0.484. The molecule has 0 aromatic heterocycles. The summed E-state index contributed by atoms with van der Waals surface area (Å²) < 4.78 is 5.28. The molecule has 15 heavy (non-hydrogen) atoms. The number of allylic oxidation sites excluding steroid dienone is 3. The van der Waals surface area contributed by atoms with Gasteiger partial charge in [0.25, 0.3) is 0 Å². The number of ether oxygens (including phenoxy) is 1. The number of carbonyl (C=O) groups excluding carboxylic acids is 1. The molecule has 1 aliphatic heterocycles. The lowest BCUT2D eigenvalue weighted by atomic mass is 9.66. The first-order chi connectivity index (χ1) is 7.26. The molecule has 0 N–H and O–H groups in total. The summed E-state index contributed by atoms with van der Waals surface area (Å²) >= 11 is 0. The third kappa shape index (κ3) is 1.08. The van der Waals surface area contributed by atoms with Crippen LogP contribution in [0.4, 0.5) is 0 Å². The van der Waals surface area contributed by atoms with Crippen LogP contribution in [0.1, 0.15) is 19.3 Å². The molecule has 0 aromatic rings. The van der Waals surface area contributed by atoms with Crippen LogP contribution in [0, 0.1) is 23.2 Å². The molecule has 0 aromatic carbocycles. The van der Waals surface area contributed by atoms with Crippen LogP contribution in [-0.2, 0) is 9.53 Å². The van der Waals surface area contributed by atoms with E-state index in [4.69, 9.17) is 4.74 Å². The zero-order valence-electron chi connectivity index (χ0n) is 8.82. The summed E-state index contributed by atoms with van der Waals surface area (Å²) in [5, 5.41) is 0. The fraction of sp³-hybridized carbons (Fsp3) is 0.615. The zero-order valence-corrected chi connectivity index (χ0v) is 8.82. The zero-order chi connectivity index (χ0) is 10.5.